The summed E-state index contributed by atoms with van der Waals surface area (Å²) in [5.41, 5.74) is 1.17. The highest BCUT2D eigenvalue weighted by atomic mass is 16.5. The van der Waals surface area contributed by atoms with Gasteiger partial charge in [0, 0.05) is 44.3 Å². The Hall–Kier alpha value is -2.48. The summed E-state index contributed by atoms with van der Waals surface area (Å²) in [6.07, 6.45) is 6.90. The molecule has 3 N–H and O–H groups in total. The molecule has 1 unspecified atom stereocenters. The number of guanidine groups is 1. The predicted molar refractivity (Wildman–Crippen MR) is 127 cm³/mol. The van der Waals surface area contributed by atoms with E-state index in [0.717, 1.165) is 56.9 Å². The molecule has 0 bridgehead atoms. The Balaban J connectivity index is 1.49. The molecule has 1 saturated heterocycles. The van der Waals surface area contributed by atoms with Gasteiger partial charge in [0.1, 0.15) is 18.0 Å². The summed E-state index contributed by atoms with van der Waals surface area (Å²) >= 11 is 0. The highest BCUT2D eigenvalue weighted by Crippen LogP contribution is 2.24. The molecule has 2 fully saturated rings. The fourth-order valence-electron chi connectivity index (χ4n) is 4.49. The first-order valence-corrected chi connectivity index (χ1v) is 11.9. The van der Waals surface area contributed by atoms with Crippen LogP contribution in [-0.4, -0.2) is 69.2 Å². The first-order valence-electron chi connectivity index (χ1n) is 11.9. The number of methoxy groups -OCH3 is 2. The molecule has 1 aliphatic heterocycles. The van der Waals surface area contributed by atoms with Crippen LogP contribution in [0.1, 0.15) is 51.0 Å². The molecule has 0 aromatic heterocycles. The summed E-state index contributed by atoms with van der Waals surface area (Å²) in [6, 6.07) is 6.61. The Morgan fingerprint density at radius 2 is 1.75 bits per heavy atom. The van der Waals surface area contributed by atoms with Gasteiger partial charge in [-0.15, -0.1) is 0 Å². The molecular formula is C24H39N5O3. The molecule has 1 atom stereocenters. The van der Waals surface area contributed by atoms with Crippen LogP contribution in [0.3, 0.4) is 0 Å². The minimum atomic E-state index is 0.00845. The second-order valence-corrected chi connectivity index (χ2v) is 8.68. The van der Waals surface area contributed by atoms with Gasteiger partial charge in [-0.05, 0) is 43.9 Å². The maximum absolute atomic E-state index is 12.3. The third-order valence-electron chi connectivity index (χ3n) is 6.13. The molecule has 0 radical (unpaired) electrons. The Kier molecular flexibility index (Phi) is 9.46. The van der Waals surface area contributed by atoms with Gasteiger partial charge in [0.15, 0.2) is 5.96 Å². The zero-order valence-electron chi connectivity index (χ0n) is 19.8. The van der Waals surface area contributed by atoms with Crippen molar-refractivity contribution in [2.45, 2.75) is 64.1 Å². The zero-order chi connectivity index (χ0) is 22.8. The van der Waals surface area contributed by atoms with E-state index in [9.17, 15) is 4.79 Å². The summed E-state index contributed by atoms with van der Waals surface area (Å²) in [5, 5.41) is 9.91. The van der Waals surface area contributed by atoms with Crippen LogP contribution in [0, 0.1) is 0 Å². The highest BCUT2D eigenvalue weighted by Gasteiger charge is 2.24. The van der Waals surface area contributed by atoms with Crippen molar-refractivity contribution in [2.75, 3.05) is 40.4 Å². The predicted octanol–water partition coefficient (Wildman–Crippen LogP) is 2.28. The van der Waals surface area contributed by atoms with Crippen LogP contribution < -0.4 is 25.4 Å². The minimum absolute atomic E-state index is 0.00845. The average molecular weight is 446 g/mol. The number of carbonyl (C=O) groups excluding carboxylic acids is 1. The van der Waals surface area contributed by atoms with Crippen LogP contribution in [0.4, 0.5) is 0 Å². The van der Waals surface area contributed by atoms with E-state index >= 15 is 0 Å². The lowest BCUT2D eigenvalue weighted by atomic mass is 9.95. The van der Waals surface area contributed by atoms with Gasteiger partial charge in [0.2, 0.25) is 5.91 Å². The number of nitrogens with one attached hydrogen (secondary N) is 3. The van der Waals surface area contributed by atoms with Crippen molar-refractivity contribution in [3.05, 3.63) is 23.8 Å². The molecule has 0 spiro atoms. The Morgan fingerprint density at radius 1 is 1.03 bits per heavy atom. The van der Waals surface area contributed by atoms with Crippen molar-refractivity contribution < 1.29 is 14.3 Å². The molecule has 1 aromatic rings. The molecule has 1 aliphatic carbocycles. The van der Waals surface area contributed by atoms with Crippen molar-refractivity contribution in [1.29, 1.82) is 0 Å². The smallest absolute Gasteiger partial charge is 0.242 e. The van der Waals surface area contributed by atoms with Crippen LogP contribution in [0.5, 0.6) is 11.5 Å². The third-order valence-corrected chi connectivity index (χ3v) is 6.13. The molecule has 32 heavy (non-hydrogen) atoms. The Labute approximate surface area is 192 Å². The molecule has 3 rings (SSSR count). The number of likely N-dealkylation sites (tertiary alicyclic amines) is 1. The molecular weight excluding hydrogens is 406 g/mol. The fourth-order valence-corrected chi connectivity index (χ4v) is 4.49. The maximum Gasteiger partial charge on any atom is 0.242 e. The average Bonchev–Trinajstić information content (AvgIpc) is 3.24. The summed E-state index contributed by atoms with van der Waals surface area (Å²) in [5.74, 6) is 2.33. The van der Waals surface area contributed by atoms with Crippen LogP contribution in [0.25, 0.3) is 0 Å². The van der Waals surface area contributed by atoms with E-state index < -0.39 is 0 Å². The maximum atomic E-state index is 12.3. The SMILES string of the molecule is CCNC(=NCC(=O)NC1CCCCC1)NC1CCN(Cc2cc(OC)cc(OC)c2)C1. The lowest BCUT2D eigenvalue weighted by molar-refractivity contribution is -0.120. The number of rotatable bonds is 9. The number of carbonyl (C=O) groups is 1. The number of hydrogen-bond acceptors (Lipinski definition) is 5. The number of hydrogen-bond donors (Lipinski definition) is 3. The van der Waals surface area contributed by atoms with Crippen molar-refractivity contribution >= 4 is 11.9 Å². The number of aliphatic imine (C=N–C) groups is 1. The monoisotopic (exact) mass is 445 g/mol. The molecule has 1 heterocycles. The molecule has 8 nitrogen and oxygen atoms in total. The number of ether oxygens (including phenoxy) is 2. The first-order chi connectivity index (χ1) is 15.6. The van der Waals surface area contributed by atoms with Crippen LogP contribution in [0.15, 0.2) is 23.2 Å². The van der Waals surface area contributed by atoms with Crippen LogP contribution >= 0.6 is 0 Å². The molecule has 1 aromatic carbocycles. The second-order valence-electron chi connectivity index (χ2n) is 8.68. The summed E-state index contributed by atoms with van der Waals surface area (Å²) in [7, 11) is 3.34. The quantitative estimate of drug-likeness (QED) is 0.399. The van der Waals surface area contributed by atoms with Crippen molar-refractivity contribution in [3.8, 4) is 11.5 Å². The van der Waals surface area contributed by atoms with Crippen molar-refractivity contribution in [2.24, 2.45) is 4.99 Å². The van der Waals surface area contributed by atoms with Gasteiger partial charge in [0.25, 0.3) is 0 Å². The lowest BCUT2D eigenvalue weighted by Gasteiger charge is -2.22. The van der Waals surface area contributed by atoms with Gasteiger partial charge in [-0.1, -0.05) is 19.3 Å². The van der Waals surface area contributed by atoms with Gasteiger partial charge >= 0.3 is 0 Å². The van der Waals surface area contributed by atoms with E-state index in [2.05, 4.69) is 38.0 Å². The van der Waals surface area contributed by atoms with Crippen molar-refractivity contribution in [3.63, 3.8) is 0 Å². The standard InChI is InChI=1S/C24H39N5O3/c1-4-25-24(26-15-23(30)27-19-8-6-5-7-9-19)28-20-10-11-29(17-20)16-18-12-21(31-2)14-22(13-18)32-3/h12-14,19-20H,4-11,15-17H2,1-3H3,(H,27,30)(H2,25,26,28). The van der Waals surface area contributed by atoms with Crippen LogP contribution in [-0.2, 0) is 11.3 Å². The van der Waals surface area contributed by atoms with E-state index in [4.69, 9.17) is 9.47 Å². The number of benzene rings is 1. The van der Waals surface area contributed by atoms with Crippen molar-refractivity contribution in [1.82, 2.24) is 20.9 Å². The number of amides is 1. The first kappa shape index (κ1) is 24.2. The largest absolute Gasteiger partial charge is 0.497 e. The summed E-state index contributed by atoms with van der Waals surface area (Å²) in [6.45, 7) is 5.71. The van der Waals surface area contributed by atoms with E-state index in [0.29, 0.717) is 18.0 Å². The molecule has 2 aliphatic rings. The molecule has 8 heteroatoms. The summed E-state index contributed by atoms with van der Waals surface area (Å²) < 4.78 is 10.8. The lowest BCUT2D eigenvalue weighted by Crippen LogP contribution is -2.45. The van der Waals surface area contributed by atoms with E-state index in [1.54, 1.807) is 14.2 Å². The Morgan fingerprint density at radius 3 is 2.41 bits per heavy atom. The third kappa shape index (κ3) is 7.58. The van der Waals surface area contributed by atoms with E-state index in [1.807, 2.05) is 13.0 Å². The molecule has 1 saturated carbocycles. The number of nitrogens with zero attached hydrogens (tertiary/aromatic N) is 2. The van der Waals surface area contributed by atoms with E-state index in [-0.39, 0.29) is 12.5 Å². The topological polar surface area (TPSA) is 87.2 Å². The van der Waals surface area contributed by atoms with Gasteiger partial charge < -0.3 is 25.4 Å². The normalized spacial score (nSPS) is 20.1. The van der Waals surface area contributed by atoms with Crippen LogP contribution in [0.2, 0.25) is 0 Å². The van der Waals surface area contributed by atoms with E-state index in [1.165, 1.54) is 24.8 Å². The van der Waals surface area contributed by atoms with Gasteiger partial charge in [-0.25, -0.2) is 4.99 Å². The minimum Gasteiger partial charge on any atom is -0.497 e. The Bertz CT molecular complexity index is 742. The zero-order valence-corrected chi connectivity index (χ0v) is 19.8. The second kappa shape index (κ2) is 12.5. The molecule has 178 valence electrons. The molecule has 1 amide bonds. The summed E-state index contributed by atoms with van der Waals surface area (Å²) in [4.78, 5) is 19.3. The fraction of sp³-hybridized carbons (Fsp3) is 0.667. The highest BCUT2D eigenvalue weighted by molar-refractivity contribution is 5.85. The van der Waals surface area contributed by atoms with Gasteiger partial charge in [0.05, 0.1) is 14.2 Å². The van der Waals surface area contributed by atoms with Gasteiger partial charge in [-0.3, -0.25) is 9.69 Å². The van der Waals surface area contributed by atoms with Gasteiger partial charge in [-0.2, -0.15) is 0 Å².